The molecular weight excluding hydrogens is 352 g/mol. The second kappa shape index (κ2) is 7.53. The van der Waals surface area contributed by atoms with Gasteiger partial charge < -0.3 is 10.1 Å². The van der Waals surface area contributed by atoms with Gasteiger partial charge in [0.2, 0.25) is 5.91 Å². The first-order valence-corrected chi connectivity index (χ1v) is 8.29. The maximum Gasteiger partial charge on any atom is 0.341 e. The molecule has 1 aliphatic rings. The standard InChI is InChI=1S/C21H17F2NO3/c1-24-19(25)17-18(22)16(14-8-4-2-5-9-14)12-13-21(17,23)27-20(26)15-10-6-3-7-11-15/h2-13,17H,1H3,(H,24,25). The monoisotopic (exact) mass is 369 g/mol. The van der Waals surface area contributed by atoms with Crippen LogP contribution in [0.5, 0.6) is 0 Å². The Bertz CT molecular complexity index is 910. The van der Waals surface area contributed by atoms with Gasteiger partial charge in [-0.2, -0.15) is 4.39 Å². The van der Waals surface area contributed by atoms with Gasteiger partial charge in [0.25, 0.3) is 5.85 Å². The van der Waals surface area contributed by atoms with Gasteiger partial charge in [-0.3, -0.25) is 4.79 Å². The van der Waals surface area contributed by atoms with Crippen molar-refractivity contribution in [2.75, 3.05) is 7.05 Å². The number of esters is 1. The number of carbonyl (C=O) groups excluding carboxylic acids is 2. The second-order valence-corrected chi connectivity index (χ2v) is 5.96. The first kappa shape index (κ1) is 18.5. The summed E-state index contributed by atoms with van der Waals surface area (Å²) in [7, 11) is 1.26. The second-order valence-electron chi connectivity index (χ2n) is 5.96. The molecule has 0 heterocycles. The zero-order valence-electron chi connectivity index (χ0n) is 14.5. The van der Waals surface area contributed by atoms with Gasteiger partial charge in [0, 0.05) is 12.6 Å². The van der Waals surface area contributed by atoms with Crippen LogP contribution in [0.4, 0.5) is 8.78 Å². The molecule has 0 saturated carbocycles. The van der Waals surface area contributed by atoms with E-state index in [1.54, 1.807) is 48.5 Å². The van der Waals surface area contributed by atoms with E-state index in [2.05, 4.69) is 5.32 Å². The van der Waals surface area contributed by atoms with Crippen molar-refractivity contribution in [3.63, 3.8) is 0 Å². The van der Waals surface area contributed by atoms with Crippen LogP contribution in [0.15, 0.2) is 78.6 Å². The van der Waals surface area contributed by atoms with E-state index in [0.29, 0.717) is 5.56 Å². The van der Waals surface area contributed by atoms with Gasteiger partial charge in [0.1, 0.15) is 5.83 Å². The highest BCUT2D eigenvalue weighted by molar-refractivity contribution is 5.92. The van der Waals surface area contributed by atoms with Gasteiger partial charge >= 0.3 is 5.97 Å². The lowest BCUT2D eigenvalue weighted by Gasteiger charge is -2.32. The largest absolute Gasteiger partial charge is 0.420 e. The Hall–Kier alpha value is -3.28. The molecule has 27 heavy (non-hydrogen) atoms. The molecule has 2 unspecified atom stereocenters. The minimum atomic E-state index is -2.95. The fourth-order valence-corrected chi connectivity index (χ4v) is 2.86. The number of hydrogen-bond donors (Lipinski definition) is 1. The third-order valence-electron chi connectivity index (χ3n) is 4.23. The number of rotatable bonds is 4. The molecule has 0 aliphatic heterocycles. The van der Waals surface area contributed by atoms with Crippen LogP contribution in [-0.2, 0) is 9.53 Å². The molecule has 1 aliphatic carbocycles. The molecule has 2 atom stereocenters. The highest BCUT2D eigenvalue weighted by Gasteiger charge is 2.51. The number of amides is 1. The number of benzene rings is 2. The van der Waals surface area contributed by atoms with Gasteiger partial charge in [0.05, 0.1) is 5.56 Å². The summed E-state index contributed by atoms with van der Waals surface area (Å²) in [6.07, 6.45) is 2.08. The van der Waals surface area contributed by atoms with E-state index in [0.717, 1.165) is 6.08 Å². The fourth-order valence-electron chi connectivity index (χ4n) is 2.86. The molecule has 3 rings (SSSR count). The summed E-state index contributed by atoms with van der Waals surface area (Å²) in [4.78, 5) is 24.5. The highest BCUT2D eigenvalue weighted by atomic mass is 19.2. The van der Waals surface area contributed by atoms with Crippen LogP contribution in [0.25, 0.3) is 5.57 Å². The van der Waals surface area contributed by atoms with Crippen LogP contribution in [0, 0.1) is 5.92 Å². The number of ether oxygens (including phenoxy) is 1. The minimum Gasteiger partial charge on any atom is -0.420 e. The number of allylic oxidation sites excluding steroid dienone is 2. The quantitative estimate of drug-likeness (QED) is 0.834. The average Bonchev–Trinajstić information content (AvgIpc) is 2.69. The summed E-state index contributed by atoms with van der Waals surface area (Å²) in [6.45, 7) is 0. The highest BCUT2D eigenvalue weighted by Crippen LogP contribution is 2.41. The molecule has 4 nitrogen and oxygen atoms in total. The summed E-state index contributed by atoms with van der Waals surface area (Å²) >= 11 is 0. The fraction of sp³-hybridized carbons (Fsp3) is 0.143. The van der Waals surface area contributed by atoms with Gasteiger partial charge in [-0.1, -0.05) is 48.5 Å². The van der Waals surface area contributed by atoms with Gasteiger partial charge in [-0.25, -0.2) is 9.18 Å². The van der Waals surface area contributed by atoms with Crippen molar-refractivity contribution in [2.45, 2.75) is 5.85 Å². The molecule has 138 valence electrons. The summed E-state index contributed by atoms with van der Waals surface area (Å²) in [5, 5.41) is 2.23. The molecule has 2 aromatic carbocycles. The molecule has 1 amide bonds. The lowest BCUT2D eigenvalue weighted by Crippen LogP contribution is -2.46. The summed E-state index contributed by atoms with van der Waals surface area (Å²) in [5.74, 6) is -7.84. The molecule has 0 bridgehead atoms. The number of halogens is 2. The van der Waals surface area contributed by atoms with E-state index < -0.39 is 29.5 Å². The predicted octanol–water partition coefficient (Wildman–Crippen LogP) is 3.82. The van der Waals surface area contributed by atoms with Crippen molar-refractivity contribution in [3.05, 3.63) is 89.8 Å². The molecule has 0 spiro atoms. The smallest absolute Gasteiger partial charge is 0.341 e. The van der Waals surface area contributed by atoms with Crippen LogP contribution in [0.1, 0.15) is 15.9 Å². The van der Waals surface area contributed by atoms with Crippen LogP contribution < -0.4 is 5.32 Å². The molecular formula is C21H17F2NO3. The van der Waals surface area contributed by atoms with E-state index in [1.165, 1.54) is 25.3 Å². The van der Waals surface area contributed by atoms with Gasteiger partial charge in [0.15, 0.2) is 5.92 Å². The number of hydrogen-bond acceptors (Lipinski definition) is 3. The number of nitrogens with one attached hydrogen (secondary N) is 1. The van der Waals surface area contributed by atoms with Crippen LogP contribution in [0.2, 0.25) is 0 Å². The van der Waals surface area contributed by atoms with Crippen molar-refractivity contribution < 1.29 is 23.1 Å². The third kappa shape index (κ3) is 3.65. The Morgan fingerprint density at radius 2 is 1.63 bits per heavy atom. The topological polar surface area (TPSA) is 55.4 Å². The van der Waals surface area contributed by atoms with Crippen LogP contribution >= 0.6 is 0 Å². The maximum atomic E-state index is 15.5. The lowest BCUT2D eigenvalue weighted by molar-refractivity contribution is -0.143. The zero-order valence-corrected chi connectivity index (χ0v) is 14.5. The molecule has 0 aromatic heterocycles. The normalized spacial score (nSPS) is 21.7. The number of alkyl halides is 1. The van der Waals surface area contributed by atoms with E-state index in [4.69, 9.17) is 4.74 Å². The van der Waals surface area contributed by atoms with E-state index in [1.807, 2.05) is 0 Å². The molecule has 0 saturated heterocycles. The predicted molar refractivity (Wildman–Crippen MR) is 96.9 cm³/mol. The van der Waals surface area contributed by atoms with Crippen molar-refractivity contribution in [3.8, 4) is 0 Å². The van der Waals surface area contributed by atoms with E-state index >= 15 is 8.78 Å². The molecule has 2 aromatic rings. The van der Waals surface area contributed by atoms with Crippen LogP contribution in [-0.4, -0.2) is 24.8 Å². The first-order chi connectivity index (χ1) is 13.0. The Labute approximate surface area is 155 Å². The number of carbonyl (C=O) groups is 2. The minimum absolute atomic E-state index is 0.0632. The molecule has 6 heteroatoms. The van der Waals surface area contributed by atoms with Crippen molar-refractivity contribution in [2.24, 2.45) is 5.92 Å². The van der Waals surface area contributed by atoms with Gasteiger partial charge in [-0.05, 0) is 29.8 Å². The van der Waals surface area contributed by atoms with Crippen molar-refractivity contribution in [1.82, 2.24) is 5.32 Å². The molecule has 0 fully saturated rings. The van der Waals surface area contributed by atoms with Gasteiger partial charge in [-0.15, -0.1) is 0 Å². The van der Waals surface area contributed by atoms with E-state index in [9.17, 15) is 9.59 Å². The Morgan fingerprint density at radius 1 is 1.04 bits per heavy atom. The maximum absolute atomic E-state index is 15.5. The summed E-state index contributed by atoms with van der Waals surface area (Å²) in [5.41, 5.74) is 0.640. The Kier molecular flexibility index (Phi) is 5.16. The third-order valence-corrected chi connectivity index (χ3v) is 4.23. The summed E-state index contributed by atoms with van der Waals surface area (Å²) < 4.78 is 35.5. The summed E-state index contributed by atoms with van der Waals surface area (Å²) in [6, 6.07) is 16.2. The molecule has 0 radical (unpaired) electrons. The average molecular weight is 369 g/mol. The van der Waals surface area contributed by atoms with Crippen molar-refractivity contribution in [1.29, 1.82) is 0 Å². The zero-order chi connectivity index (χ0) is 19.4. The lowest BCUT2D eigenvalue weighted by atomic mass is 9.86. The first-order valence-electron chi connectivity index (χ1n) is 8.29. The SMILES string of the molecule is CNC(=O)C1C(F)=C(c2ccccc2)C=CC1(F)OC(=O)c1ccccc1. The molecule has 1 N–H and O–H groups in total. The van der Waals surface area contributed by atoms with Crippen molar-refractivity contribution >= 4 is 17.4 Å². The Balaban J connectivity index is 1.99. The van der Waals surface area contributed by atoms with E-state index in [-0.39, 0.29) is 11.1 Å². The Morgan fingerprint density at radius 3 is 2.22 bits per heavy atom. The van der Waals surface area contributed by atoms with Crippen LogP contribution in [0.3, 0.4) is 0 Å².